The number of nitrogens with zero attached hydrogens (tertiary/aromatic N) is 2. The molecule has 7 unspecified atom stereocenters. The Hall–Kier alpha value is -1.42. The zero-order chi connectivity index (χ0) is 25.0. The van der Waals surface area contributed by atoms with Crippen molar-refractivity contribution in [2.24, 2.45) is 5.92 Å². The number of imide groups is 1. The fourth-order valence-electron chi connectivity index (χ4n) is 5.62. The molecule has 5 aliphatic rings. The smallest absolute Gasteiger partial charge is 0.327 e. The molecule has 35 heavy (non-hydrogen) atoms. The summed E-state index contributed by atoms with van der Waals surface area (Å²) in [6.07, 6.45) is 1.29. The Bertz CT molecular complexity index is 951. The maximum atomic E-state index is 13.6. The number of alkyl halides is 1. The monoisotopic (exact) mass is 518 g/mol. The molecule has 3 heterocycles. The number of carbonyl (C=O) groups is 2. The van der Waals surface area contributed by atoms with E-state index in [1.54, 1.807) is 4.90 Å². The van der Waals surface area contributed by atoms with Gasteiger partial charge in [0.15, 0.2) is 0 Å². The minimum atomic E-state index is -3.82. The van der Waals surface area contributed by atoms with Crippen LogP contribution in [-0.2, 0) is 24.4 Å². The predicted octanol–water partition coefficient (Wildman–Crippen LogP) is -0.312. The summed E-state index contributed by atoms with van der Waals surface area (Å²) in [7, 11) is -3.82. The highest BCUT2D eigenvalue weighted by Gasteiger charge is 2.54. The zero-order valence-corrected chi connectivity index (χ0v) is 20.9. The molecule has 3 amide bonds. The Labute approximate surface area is 204 Å². The van der Waals surface area contributed by atoms with Gasteiger partial charge in [-0.2, -0.15) is 5.48 Å². The Balaban J connectivity index is 1.36. The van der Waals surface area contributed by atoms with Crippen molar-refractivity contribution in [3.63, 3.8) is 0 Å². The number of carbonyl (C=O) groups excluding carboxylic acids is 2. The molecule has 7 atom stereocenters. The van der Waals surface area contributed by atoms with Gasteiger partial charge in [0.1, 0.15) is 19.1 Å². The van der Waals surface area contributed by atoms with Gasteiger partial charge in [0.2, 0.25) is 15.9 Å². The highest BCUT2D eigenvalue weighted by molar-refractivity contribution is 7.90. The van der Waals surface area contributed by atoms with Crippen molar-refractivity contribution in [3.05, 3.63) is 0 Å². The molecule has 3 aliphatic heterocycles. The average molecular weight is 519 g/mol. The molecule has 3 saturated heterocycles. The highest BCUT2D eigenvalue weighted by atomic mass is 32.2. The van der Waals surface area contributed by atoms with E-state index in [1.165, 1.54) is 4.90 Å². The van der Waals surface area contributed by atoms with E-state index >= 15 is 0 Å². The fourth-order valence-corrected chi connectivity index (χ4v) is 7.55. The molecule has 12 nitrogen and oxygen atoms in total. The molecule has 0 bridgehead atoms. The number of urea groups is 1. The third-order valence-corrected chi connectivity index (χ3v) is 9.77. The van der Waals surface area contributed by atoms with Gasteiger partial charge in [0.05, 0.1) is 35.9 Å². The van der Waals surface area contributed by atoms with Crippen molar-refractivity contribution in [1.29, 1.82) is 0 Å². The van der Waals surface area contributed by atoms with Gasteiger partial charge < -0.3 is 9.64 Å². The molecule has 198 valence electrons. The number of halogens is 1. The van der Waals surface area contributed by atoms with Crippen molar-refractivity contribution >= 4 is 22.0 Å². The van der Waals surface area contributed by atoms with Gasteiger partial charge in [0.25, 0.3) is 0 Å². The van der Waals surface area contributed by atoms with E-state index in [4.69, 9.17) is 9.57 Å². The number of amides is 3. The van der Waals surface area contributed by atoms with Crippen LogP contribution in [0.3, 0.4) is 0 Å². The van der Waals surface area contributed by atoms with E-state index in [-0.39, 0.29) is 50.2 Å². The summed E-state index contributed by atoms with van der Waals surface area (Å²) in [5.41, 5.74) is 7.83. The van der Waals surface area contributed by atoms with E-state index in [2.05, 4.69) is 21.1 Å². The van der Waals surface area contributed by atoms with E-state index < -0.39 is 51.7 Å². The molecule has 0 radical (unpaired) electrons. The first-order valence-corrected chi connectivity index (χ1v) is 13.9. The number of ether oxygens (including phenoxy) is 1. The Morgan fingerprint density at radius 2 is 1.91 bits per heavy atom. The summed E-state index contributed by atoms with van der Waals surface area (Å²) in [4.78, 5) is 35.5. The van der Waals surface area contributed by atoms with Gasteiger partial charge in [-0.1, -0.05) is 0 Å². The van der Waals surface area contributed by atoms with Crippen LogP contribution in [0.2, 0.25) is 0 Å². The van der Waals surface area contributed by atoms with Gasteiger partial charge in [-0.15, -0.1) is 0 Å². The molecule has 5 fully saturated rings. The number of hydrogen-bond acceptors (Lipinski definition) is 9. The lowest BCUT2D eigenvalue weighted by atomic mass is 9.80. The van der Waals surface area contributed by atoms with Crippen molar-refractivity contribution in [2.75, 3.05) is 19.8 Å². The largest absolute Gasteiger partial charge is 0.341 e. The van der Waals surface area contributed by atoms with Crippen LogP contribution in [0.25, 0.3) is 0 Å². The lowest BCUT2D eigenvalue weighted by Crippen LogP contribution is -2.66. The van der Waals surface area contributed by atoms with Gasteiger partial charge >= 0.3 is 6.03 Å². The third-order valence-electron chi connectivity index (χ3n) is 7.75. The van der Waals surface area contributed by atoms with Crippen LogP contribution in [0.1, 0.15) is 52.4 Å². The molecule has 0 aromatic rings. The quantitative estimate of drug-likeness (QED) is 0.340. The predicted molar refractivity (Wildman–Crippen MR) is 121 cm³/mol. The van der Waals surface area contributed by atoms with E-state index in [0.29, 0.717) is 25.7 Å². The highest BCUT2D eigenvalue weighted by Crippen LogP contribution is 2.41. The lowest BCUT2D eigenvalue weighted by molar-refractivity contribution is -0.143. The van der Waals surface area contributed by atoms with Crippen LogP contribution in [0.4, 0.5) is 9.18 Å². The van der Waals surface area contributed by atoms with Gasteiger partial charge in [-0.25, -0.2) is 33.2 Å². The number of fused-ring (bicyclic) bond motifs is 1. The Morgan fingerprint density at radius 1 is 1.14 bits per heavy atom. The molecule has 0 aromatic heterocycles. The third kappa shape index (κ3) is 5.06. The first-order valence-electron chi connectivity index (χ1n) is 12.4. The molecule has 4 N–H and O–H groups in total. The van der Waals surface area contributed by atoms with Crippen LogP contribution in [0, 0.1) is 5.92 Å². The second kappa shape index (κ2) is 9.47. The van der Waals surface area contributed by atoms with E-state index in [0.717, 1.165) is 0 Å². The van der Waals surface area contributed by atoms with Crippen LogP contribution >= 0.6 is 0 Å². The summed E-state index contributed by atoms with van der Waals surface area (Å²) in [5, 5.41) is -0.819. The molecule has 2 saturated carbocycles. The molecule has 2 aliphatic carbocycles. The number of hydrazine groups is 1. The Morgan fingerprint density at radius 3 is 2.51 bits per heavy atom. The topological polar surface area (TPSA) is 141 Å². The minimum absolute atomic E-state index is 0.0786. The van der Waals surface area contributed by atoms with Gasteiger partial charge in [0, 0.05) is 12.1 Å². The second-order valence-electron chi connectivity index (χ2n) is 10.6. The Kier molecular flexibility index (Phi) is 6.83. The zero-order valence-electron chi connectivity index (χ0n) is 20.0. The number of hydrogen-bond donors (Lipinski definition) is 4. The van der Waals surface area contributed by atoms with Crippen molar-refractivity contribution in [3.8, 4) is 0 Å². The normalized spacial score (nSPS) is 39.2. The maximum Gasteiger partial charge on any atom is 0.327 e. The lowest BCUT2D eigenvalue weighted by Gasteiger charge is -2.48. The van der Waals surface area contributed by atoms with Crippen molar-refractivity contribution < 1.29 is 32.0 Å². The summed E-state index contributed by atoms with van der Waals surface area (Å²) in [6, 6.07) is -0.752. The van der Waals surface area contributed by atoms with Crippen LogP contribution in [-0.4, -0.2) is 91.4 Å². The number of sulfonamides is 1. The summed E-state index contributed by atoms with van der Waals surface area (Å²) < 4.78 is 47.9. The number of hydroxylamine groups is 1. The molecular weight excluding hydrogens is 483 g/mol. The fraction of sp³-hybridized carbons (Fsp3) is 0.905. The molecule has 0 spiro atoms. The van der Waals surface area contributed by atoms with Crippen molar-refractivity contribution in [2.45, 2.75) is 93.8 Å². The molecule has 14 heteroatoms. The number of rotatable bonds is 8. The SMILES string of the molecule is CC1CC(CN2C(=O)C3CC(S(=O)(=O)NC4(CF)CC4)CCC3N(CC3NNC(C)O3)C2=O)ON1. The van der Waals surface area contributed by atoms with Crippen LogP contribution < -0.4 is 21.1 Å². The van der Waals surface area contributed by atoms with Crippen molar-refractivity contribution in [1.82, 2.24) is 30.9 Å². The first-order chi connectivity index (χ1) is 16.6. The molecular formula is C21H35FN6O6S. The molecule has 0 aromatic carbocycles. The summed E-state index contributed by atoms with van der Waals surface area (Å²) in [6.45, 7) is 3.34. The number of nitrogens with one attached hydrogen (secondary N) is 4. The van der Waals surface area contributed by atoms with Crippen LogP contribution in [0.5, 0.6) is 0 Å². The van der Waals surface area contributed by atoms with Gasteiger partial charge in [-0.3, -0.25) is 14.5 Å². The summed E-state index contributed by atoms with van der Waals surface area (Å²) in [5.74, 6) is -1.06. The maximum absolute atomic E-state index is 13.6. The summed E-state index contributed by atoms with van der Waals surface area (Å²) >= 11 is 0. The van der Waals surface area contributed by atoms with Crippen LogP contribution in [0.15, 0.2) is 0 Å². The second-order valence-corrected chi connectivity index (χ2v) is 12.6. The molecule has 5 rings (SSSR count). The minimum Gasteiger partial charge on any atom is -0.341 e. The standard InChI is InChI=1S/C21H35FN6O6S/c1-12-7-14(34-25-12)9-28-19(29)16-8-15(35(31,32)26-21(11-22)5-6-21)3-4-17(16)27(20(28)30)10-18-24-23-13(2)33-18/h12-18,23-26H,3-11H2,1-2H3. The van der Waals surface area contributed by atoms with E-state index in [1.807, 2.05) is 13.8 Å². The van der Waals surface area contributed by atoms with E-state index in [9.17, 15) is 22.4 Å². The van der Waals surface area contributed by atoms with Gasteiger partial charge in [-0.05, 0) is 52.4 Å². The first kappa shape index (κ1) is 25.2. The average Bonchev–Trinajstić information content (AvgIpc) is 3.26.